The zero-order chi connectivity index (χ0) is 22.2. The Kier molecular flexibility index (Phi) is 10.6. The van der Waals surface area contributed by atoms with E-state index in [1.165, 1.54) is 11.3 Å². The van der Waals surface area contributed by atoms with E-state index in [9.17, 15) is 4.79 Å². The van der Waals surface area contributed by atoms with Crippen LogP contribution in [0.4, 0.5) is 5.13 Å². The van der Waals surface area contributed by atoms with Crippen LogP contribution in [-0.2, 0) is 4.79 Å². The molecule has 0 saturated carbocycles. The first-order chi connectivity index (χ1) is 15.0. The maximum atomic E-state index is 13.1. The van der Waals surface area contributed by atoms with Gasteiger partial charge in [0.2, 0.25) is 5.91 Å². The molecule has 0 bridgehead atoms. The summed E-state index contributed by atoms with van der Waals surface area (Å²) < 4.78 is 11.8. The van der Waals surface area contributed by atoms with Gasteiger partial charge in [0.05, 0.1) is 23.9 Å². The van der Waals surface area contributed by atoms with Gasteiger partial charge in [0.25, 0.3) is 0 Å². The number of likely N-dealkylation sites (N-methyl/N-ethyl adjacent to an activating group) is 1. The van der Waals surface area contributed by atoms with Crippen molar-refractivity contribution in [3.63, 3.8) is 0 Å². The molecular weight excluding hydrogens is 466 g/mol. The van der Waals surface area contributed by atoms with E-state index < -0.39 is 0 Å². The fourth-order valence-corrected chi connectivity index (χ4v) is 4.83. The molecule has 0 unspecified atom stereocenters. The van der Waals surface area contributed by atoms with Crippen molar-refractivity contribution in [3.8, 4) is 11.5 Å². The van der Waals surface area contributed by atoms with Gasteiger partial charge in [0.1, 0.15) is 11.5 Å². The molecule has 0 aliphatic carbocycles. The topological polar surface area (TPSA) is 54.9 Å². The highest BCUT2D eigenvalue weighted by Crippen LogP contribution is 2.32. The number of halogens is 1. The molecule has 1 heterocycles. The number of thioether (sulfide) groups is 1. The lowest BCUT2D eigenvalue weighted by molar-refractivity contribution is -0.118. The lowest BCUT2D eigenvalue weighted by Gasteiger charge is -2.22. The van der Waals surface area contributed by atoms with Crippen LogP contribution in [0, 0.1) is 0 Å². The Morgan fingerprint density at radius 2 is 1.81 bits per heavy atom. The number of ether oxygens (including phenoxy) is 2. The summed E-state index contributed by atoms with van der Waals surface area (Å²) in [6.45, 7) is 3.97. The minimum Gasteiger partial charge on any atom is -0.497 e. The minimum absolute atomic E-state index is 0. The van der Waals surface area contributed by atoms with Gasteiger partial charge in [-0.05, 0) is 63.5 Å². The molecular formula is C23H30ClN3O3S2. The number of carbonyl (C=O) groups is 1. The van der Waals surface area contributed by atoms with Gasteiger partial charge in [0, 0.05) is 30.2 Å². The SMILES string of the molecule is CCOc1ccc2nc(N(CCN(C)C)C(=O)CCSc3ccc(OC)cc3)sc2c1.Cl. The Morgan fingerprint density at radius 3 is 2.47 bits per heavy atom. The molecule has 174 valence electrons. The molecule has 0 saturated heterocycles. The van der Waals surface area contributed by atoms with Crippen LogP contribution in [0.5, 0.6) is 11.5 Å². The third kappa shape index (κ3) is 7.27. The van der Waals surface area contributed by atoms with E-state index in [0.29, 0.717) is 25.3 Å². The van der Waals surface area contributed by atoms with E-state index in [2.05, 4.69) is 4.90 Å². The van der Waals surface area contributed by atoms with Crippen molar-refractivity contribution in [2.75, 3.05) is 51.6 Å². The zero-order valence-corrected chi connectivity index (χ0v) is 21.3. The van der Waals surface area contributed by atoms with Gasteiger partial charge >= 0.3 is 0 Å². The molecule has 0 N–H and O–H groups in total. The first-order valence-corrected chi connectivity index (χ1v) is 12.1. The summed E-state index contributed by atoms with van der Waals surface area (Å²) in [7, 11) is 5.67. The average molecular weight is 496 g/mol. The van der Waals surface area contributed by atoms with E-state index in [4.69, 9.17) is 14.5 Å². The van der Waals surface area contributed by atoms with Crippen LogP contribution in [0.3, 0.4) is 0 Å². The third-order valence-corrected chi connectivity index (χ3v) is 6.66. The number of hydrogen-bond donors (Lipinski definition) is 0. The number of nitrogens with zero attached hydrogens (tertiary/aromatic N) is 3. The average Bonchev–Trinajstić information content (AvgIpc) is 3.17. The van der Waals surface area contributed by atoms with Crippen molar-refractivity contribution < 1.29 is 14.3 Å². The van der Waals surface area contributed by atoms with Gasteiger partial charge in [0.15, 0.2) is 5.13 Å². The normalized spacial score (nSPS) is 10.8. The Bertz CT molecular complexity index is 996. The van der Waals surface area contributed by atoms with Crippen LogP contribution in [0.25, 0.3) is 10.2 Å². The Labute approximate surface area is 204 Å². The van der Waals surface area contributed by atoms with Crippen molar-refractivity contribution in [1.29, 1.82) is 0 Å². The maximum absolute atomic E-state index is 13.1. The summed E-state index contributed by atoms with van der Waals surface area (Å²) in [5.41, 5.74) is 0.888. The van der Waals surface area contributed by atoms with Crippen molar-refractivity contribution in [3.05, 3.63) is 42.5 Å². The molecule has 0 aliphatic rings. The Balaban J connectivity index is 0.00000363. The molecule has 3 rings (SSSR count). The number of thiazole rings is 1. The number of hydrogen-bond acceptors (Lipinski definition) is 7. The van der Waals surface area contributed by atoms with Crippen LogP contribution in [0.2, 0.25) is 0 Å². The number of anilines is 1. The lowest BCUT2D eigenvalue weighted by Crippen LogP contribution is -2.36. The van der Waals surface area contributed by atoms with E-state index in [1.807, 2.05) is 68.4 Å². The van der Waals surface area contributed by atoms with Gasteiger partial charge in [-0.25, -0.2) is 4.98 Å². The Morgan fingerprint density at radius 1 is 1.09 bits per heavy atom. The standard InChI is InChI=1S/C23H29N3O3S2.ClH/c1-5-29-18-8-11-20-21(16-18)31-23(24-20)26(14-13-25(2)3)22(27)12-15-30-19-9-6-17(28-4)7-10-19;/h6-11,16H,5,12-15H2,1-4H3;1H. The molecule has 0 fully saturated rings. The lowest BCUT2D eigenvalue weighted by atomic mass is 10.3. The number of methoxy groups -OCH3 is 1. The molecule has 2 aromatic carbocycles. The van der Waals surface area contributed by atoms with Gasteiger partial charge in [-0.1, -0.05) is 11.3 Å². The second-order valence-electron chi connectivity index (χ2n) is 7.18. The Hall–Kier alpha value is -2.00. The molecule has 6 nitrogen and oxygen atoms in total. The molecule has 32 heavy (non-hydrogen) atoms. The molecule has 0 radical (unpaired) electrons. The predicted molar refractivity (Wildman–Crippen MR) is 137 cm³/mol. The van der Waals surface area contributed by atoms with E-state index >= 15 is 0 Å². The van der Waals surface area contributed by atoms with Crippen molar-refractivity contribution in [2.45, 2.75) is 18.2 Å². The highest BCUT2D eigenvalue weighted by Gasteiger charge is 2.20. The first-order valence-electron chi connectivity index (χ1n) is 10.3. The van der Waals surface area contributed by atoms with Gasteiger partial charge in [-0.15, -0.1) is 24.2 Å². The van der Waals surface area contributed by atoms with Gasteiger partial charge < -0.3 is 14.4 Å². The summed E-state index contributed by atoms with van der Waals surface area (Å²) in [4.78, 5) is 22.9. The molecule has 0 spiro atoms. The van der Waals surface area contributed by atoms with E-state index in [0.717, 1.165) is 38.3 Å². The van der Waals surface area contributed by atoms with Gasteiger partial charge in [-0.3, -0.25) is 9.69 Å². The summed E-state index contributed by atoms with van der Waals surface area (Å²) in [5, 5.41) is 0.741. The van der Waals surface area contributed by atoms with Crippen molar-refractivity contribution in [1.82, 2.24) is 9.88 Å². The highest BCUT2D eigenvalue weighted by molar-refractivity contribution is 7.99. The quantitative estimate of drug-likeness (QED) is 0.341. The highest BCUT2D eigenvalue weighted by atomic mass is 35.5. The molecule has 3 aromatic rings. The number of aromatic nitrogens is 1. The monoisotopic (exact) mass is 495 g/mol. The number of amides is 1. The van der Waals surface area contributed by atoms with Crippen LogP contribution < -0.4 is 14.4 Å². The fraction of sp³-hybridized carbons (Fsp3) is 0.391. The second-order valence-corrected chi connectivity index (χ2v) is 9.36. The second kappa shape index (κ2) is 12.9. The minimum atomic E-state index is 0. The van der Waals surface area contributed by atoms with Gasteiger partial charge in [-0.2, -0.15) is 0 Å². The van der Waals surface area contributed by atoms with Crippen LogP contribution >= 0.6 is 35.5 Å². The third-order valence-electron chi connectivity index (χ3n) is 4.61. The molecule has 1 amide bonds. The van der Waals surface area contributed by atoms with E-state index in [1.54, 1.807) is 18.9 Å². The maximum Gasteiger partial charge on any atom is 0.229 e. The summed E-state index contributed by atoms with van der Waals surface area (Å²) >= 11 is 3.20. The number of carbonyl (C=O) groups excluding carboxylic acids is 1. The van der Waals surface area contributed by atoms with Crippen molar-refractivity contribution in [2.24, 2.45) is 0 Å². The fourth-order valence-electron chi connectivity index (χ4n) is 2.95. The smallest absolute Gasteiger partial charge is 0.229 e. The number of benzene rings is 2. The number of rotatable bonds is 11. The van der Waals surface area contributed by atoms with Crippen LogP contribution in [0.1, 0.15) is 13.3 Å². The zero-order valence-electron chi connectivity index (χ0n) is 18.9. The molecule has 0 aliphatic heterocycles. The molecule has 0 atom stereocenters. The van der Waals surface area contributed by atoms with E-state index in [-0.39, 0.29) is 18.3 Å². The first kappa shape index (κ1) is 26.3. The summed E-state index contributed by atoms with van der Waals surface area (Å²) in [5.74, 6) is 2.46. The van der Waals surface area contributed by atoms with Crippen molar-refractivity contribution >= 4 is 56.8 Å². The molecule has 1 aromatic heterocycles. The molecule has 9 heteroatoms. The largest absolute Gasteiger partial charge is 0.497 e. The van der Waals surface area contributed by atoms with Crippen LogP contribution in [0.15, 0.2) is 47.4 Å². The number of fused-ring (bicyclic) bond motifs is 1. The summed E-state index contributed by atoms with van der Waals surface area (Å²) in [6, 6.07) is 13.8. The predicted octanol–water partition coefficient (Wildman–Crippen LogP) is 5.20. The summed E-state index contributed by atoms with van der Waals surface area (Å²) in [6.07, 6.45) is 0.449. The van der Waals surface area contributed by atoms with Crippen LogP contribution in [-0.4, -0.2) is 62.4 Å².